The monoisotopic (exact) mass is 392 g/mol. The van der Waals surface area contributed by atoms with E-state index in [0.717, 1.165) is 6.26 Å². The third kappa shape index (κ3) is 5.71. The molecule has 0 saturated carbocycles. The Morgan fingerprint density at radius 3 is 2.22 bits per heavy atom. The lowest BCUT2D eigenvalue weighted by atomic mass is 10.2. The zero-order valence-electron chi connectivity index (χ0n) is 15.1. The molecule has 0 spiro atoms. The number of para-hydroxylation sites is 3. The van der Waals surface area contributed by atoms with Gasteiger partial charge in [-0.3, -0.25) is 9.52 Å². The molecule has 0 aliphatic rings. The highest BCUT2D eigenvalue weighted by molar-refractivity contribution is 7.92. The minimum Gasteiger partial charge on any atom is -0.495 e. The molecule has 2 aromatic rings. The highest BCUT2D eigenvalue weighted by Gasteiger charge is 2.22. The molecule has 0 fully saturated rings. The van der Waals surface area contributed by atoms with Gasteiger partial charge in [-0.2, -0.15) is 0 Å². The first-order valence-corrected chi connectivity index (χ1v) is 9.82. The summed E-state index contributed by atoms with van der Waals surface area (Å²) in [6, 6.07) is 12.8. The van der Waals surface area contributed by atoms with Crippen LogP contribution in [0.5, 0.6) is 5.75 Å². The lowest BCUT2D eigenvalue weighted by Gasteiger charge is -2.16. The molecular formula is C18H20N2O6S. The maximum absolute atomic E-state index is 12.4. The Balaban J connectivity index is 2.10. The van der Waals surface area contributed by atoms with Crippen molar-refractivity contribution in [2.75, 3.05) is 23.4 Å². The number of hydrogen-bond donors (Lipinski definition) is 2. The molecule has 0 heterocycles. The number of hydrogen-bond acceptors (Lipinski definition) is 6. The fraction of sp³-hybridized carbons (Fsp3) is 0.222. The van der Waals surface area contributed by atoms with Crippen molar-refractivity contribution in [1.82, 2.24) is 0 Å². The predicted molar refractivity (Wildman–Crippen MR) is 101 cm³/mol. The average molecular weight is 392 g/mol. The number of anilines is 2. The molecule has 0 bridgehead atoms. The van der Waals surface area contributed by atoms with E-state index in [0.29, 0.717) is 11.4 Å². The van der Waals surface area contributed by atoms with Crippen molar-refractivity contribution in [3.05, 3.63) is 54.1 Å². The molecule has 27 heavy (non-hydrogen) atoms. The fourth-order valence-electron chi connectivity index (χ4n) is 2.21. The van der Waals surface area contributed by atoms with Crippen LogP contribution in [-0.2, 0) is 19.6 Å². The summed E-state index contributed by atoms with van der Waals surface area (Å²) in [4.78, 5) is 24.7. The van der Waals surface area contributed by atoms with Crippen LogP contribution in [0.25, 0.3) is 0 Å². The molecule has 1 atom stereocenters. The van der Waals surface area contributed by atoms with Gasteiger partial charge < -0.3 is 14.8 Å². The van der Waals surface area contributed by atoms with E-state index in [4.69, 9.17) is 9.47 Å². The van der Waals surface area contributed by atoms with Gasteiger partial charge in [-0.05, 0) is 31.2 Å². The SMILES string of the molecule is COc1ccccc1NC(=O)[C@@H](C)OC(=O)c1ccccc1NS(C)(=O)=O. The second-order valence-electron chi connectivity index (χ2n) is 5.66. The Morgan fingerprint density at radius 2 is 1.59 bits per heavy atom. The largest absolute Gasteiger partial charge is 0.495 e. The second kappa shape index (κ2) is 8.54. The minimum atomic E-state index is -3.58. The van der Waals surface area contributed by atoms with Crippen molar-refractivity contribution in [3.8, 4) is 5.75 Å². The summed E-state index contributed by atoms with van der Waals surface area (Å²) >= 11 is 0. The van der Waals surface area contributed by atoms with Gasteiger partial charge in [0.1, 0.15) is 5.75 Å². The maximum atomic E-state index is 12.4. The Hall–Kier alpha value is -3.07. The number of methoxy groups -OCH3 is 1. The number of nitrogens with one attached hydrogen (secondary N) is 2. The third-order valence-electron chi connectivity index (χ3n) is 3.46. The molecule has 0 radical (unpaired) electrons. The van der Waals surface area contributed by atoms with Crippen LogP contribution in [0.3, 0.4) is 0 Å². The van der Waals surface area contributed by atoms with Gasteiger partial charge in [-0.1, -0.05) is 24.3 Å². The summed E-state index contributed by atoms with van der Waals surface area (Å²) < 4.78 is 35.4. The molecule has 9 heteroatoms. The van der Waals surface area contributed by atoms with Crippen LogP contribution in [0.1, 0.15) is 17.3 Å². The molecular weight excluding hydrogens is 372 g/mol. The first-order valence-electron chi connectivity index (χ1n) is 7.93. The standard InChI is InChI=1S/C18H20N2O6S/c1-12(17(21)19-15-10-6-7-11-16(15)25-2)26-18(22)13-8-4-5-9-14(13)20-27(3,23)24/h4-12,20H,1-3H3,(H,19,21)/t12-/m1/s1. The molecule has 0 aliphatic carbocycles. The number of carbonyl (C=O) groups excluding carboxylic acids is 2. The number of esters is 1. The fourth-order valence-corrected chi connectivity index (χ4v) is 2.79. The van der Waals surface area contributed by atoms with Crippen LogP contribution in [0.4, 0.5) is 11.4 Å². The van der Waals surface area contributed by atoms with Gasteiger partial charge in [-0.25, -0.2) is 13.2 Å². The molecule has 144 valence electrons. The zero-order valence-corrected chi connectivity index (χ0v) is 15.9. The van der Waals surface area contributed by atoms with Crippen molar-refractivity contribution in [1.29, 1.82) is 0 Å². The van der Waals surface area contributed by atoms with E-state index < -0.39 is 28.0 Å². The zero-order chi connectivity index (χ0) is 20.0. The summed E-state index contributed by atoms with van der Waals surface area (Å²) in [7, 11) is -2.10. The van der Waals surface area contributed by atoms with E-state index in [2.05, 4.69) is 10.0 Å². The van der Waals surface area contributed by atoms with E-state index in [9.17, 15) is 18.0 Å². The highest BCUT2D eigenvalue weighted by Crippen LogP contribution is 2.23. The maximum Gasteiger partial charge on any atom is 0.341 e. The third-order valence-corrected chi connectivity index (χ3v) is 4.05. The molecule has 2 N–H and O–H groups in total. The number of benzene rings is 2. The molecule has 0 unspecified atom stereocenters. The van der Waals surface area contributed by atoms with Gasteiger partial charge in [0.15, 0.2) is 6.10 Å². The Morgan fingerprint density at radius 1 is 1.00 bits per heavy atom. The number of rotatable bonds is 7. The van der Waals surface area contributed by atoms with Gasteiger partial charge >= 0.3 is 5.97 Å². The van der Waals surface area contributed by atoms with Crippen LogP contribution >= 0.6 is 0 Å². The summed E-state index contributed by atoms with van der Waals surface area (Å²) in [5.41, 5.74) is 0.509. The van der Waals surface area contributed by atoms with Crippen LogP contribution < -0.4 is 14.8 Å². The minimum absolute atomic E-state index is 0.000123. The molecule has 2 aromatic carbocycles. The van der Waals surface area contributed by atoms with Gasteiger partial charge in [0.05, 0.1) is 30.3 Å². The van der Waals surface area contributed by atoms with Crippen molar-refractivity contribution in [2.45, 2.75) is 13.0 Å². The summed E-state index contributed by atoms with van der Waals surface area (Å²) in [5.74, 6) is -0.919. The van der Waals surface area contributed by atoms with Gasteiger partial charge in [0, 0.05) is 0 Å². The quantitative estimate of drug-likeness (QED) is 0.699. The van der Waals surface area contributed by atoms with Gasteiger partial charge in [0.2, 0.25) is 10.0 Å². The highest BCUT2D eigenvalue weighted by atomic mass is 32.2. The number of sulfonamides is 1. The molecule has 0 saturated heterocycles. The smallest absolute Gasteiger partial charge is 0.341 e. The summed E-state index contributed by atoms with van der Waals surface area (Å²) in [5, 5.41) is 2.62. The summed E-state index contributed by atoms with van der Waals surface area (Å²) in [6.45, 7) is 1.41. The van der Waals surface area contributed by atoms with Crippen LogP contribution in [-0.4, -0.2) is 39.8 Å². The first-order chi connectivity index (χ1) is 12.7. The van der Waals surface area contributed by atoms with Crippen molar-refractivity contribution >= 4 is 33.3 Å². The van der Waals surface area contributed by atoms with E-state index >= 15 is 0 Å². The van der Waals surface area contributed by atoms with Crippen LogP contribution in [0, 0.1) is 0 Å². The predicted octanol–water partition coefficient (Wildman–Crippen LogP) is 2.25. The number of carbonyl (C=O) groups is 2. The Labute approximate surface area is 157 Å². The van der Waals surface area contributed by atoms with E-state index in [1.54, 1.807) is 36.4 Å². The Bertz CT molecular complexity index is 942. The average Bonchev–Trinajstić information content (AvgIpc) is 2.61. The van der Waals surface area contributed by atoms with E-state index in [1.165, 1.54) is 26.2 Å². The van der Waals surface area contributed by atoms with E-state index in [1.807, 2.05) is 0 Å². The molecule has 1 amide bonds. The first kappa shape index (κ1) is 20.2. The molecule has 8 nitrogen and oxygen atoms in total. The topological polar surface area (TPSA) is 111 Å². The Kier molecular flexibility index (Phi) is 6.40. The van der Waals surface area contributed by atoms with Crippen molar-refractivity contribution < 1.29 is 27.5 Å². The summed E-state index contributed by atoms with van der Waals surface area (Å²) in [6.07, 6.45) is -0.146. The normalized spacial score (nSPS) is 12.0. The molecule has 2 rings (SSSR count). The van der Waals surface area contributed by atoms with Crippen LogP contribution in [0.2, 0.25) is 0 Å². The van der Waals surface area contributed by atoms with Gasteiger partial charge in [-0.15, -0.1) is 0 Å². The number of ether oxygens (including phenoxy) is 2. The lowest BCUT2D eigenvalue weighted by molar-refractivity contribution is -0.123. The van der Waals surface area contributed by atoms with Crippen LogP contribution in [0.15, 0.2) is 48.5 Å². The number of amides is 1. The van der Waals surface area contributed by atoms with Gasteiger partial charge in [0.25, 0.3) is 5.91 Å². The molecule has 0 aliphatic heterocycles. The van der Waals surface area contributed by atoms with Crippen molar-refractivity contribution in [2.24, 2.45) is 0 Å². The van der Waals surface area contributed by atoms with Crippen molar-refractivity contribution in [3.63, 3.8) is 0 Å². The van der Waals surface area contributed by atoms with E-state index in [-0.39, 0.29) is 11.3 Å². The lowest BCUT2D eigenvalue weighted by Crippen LogP contribution is -2.30. The molecule has 0 aromatic heterocycles. The second-order valence-corrected chi connectivity index (χ2v) is 7.41.